The van der Waals surface area contributed by atoms with E-state index in [1.54, 1.807) is 18.2 Å². The van der Waals surface area contributed by atoms with Crippen molar-refractivity contribution < 1.29 is 8.78 Å². The number of hydrogen-bond acceptors (Lipinski definition) is 1. The second-order valence-corrected chi connectivity index (χ2v) is 7.39. The van der Waals surface area contributed by atoms with Gasteiger partial charge in [-0.3, -0.25) is 0 Å². The first-order chi connectivity index (χ1) is 12.7. The fourth-order valence-electron chi connectivity index (χ4n) is 3.84. The molecule has 2 rings (SSSR count). The van der Waals surface area contributed by atoms with Crippen LogP contribution < -0.4 is 0 Å². The SMILES string of the molecule is N#CC(F)=CC=CCCC1CCC(CCCCc2ccc(F)cc2)CC1. The topological polar surface area (TPSA) is 23.8 Å². The van der Waals surface area contributed by atoms with Crippen LogP contribution in [0.25, 0.3) is 0 Å². The van der Waals surface area contributed by atoms with E-state index in [4.69, 9.17) is 5.26 Å². The van der Waals surface area contributed by atoms with Gasteiger partial charge in [0.1, 0.15) is 11.9 Å². The Morgan fingerprint density at radius 3 is 2.35 bits per heavy atom. The van der Waals surface area contributed by atoms with Gasteiger partial charge in [-0.15, -0.1) is 0 Å². The summed E-state index contributed by atoms with van der Waals surface area (Å²) in [5.74, 6) is 0.760. The third kappa shape index (κ3) is 7.95. The Labute approximate surface area is 156 Å². The maximum absolute atomic E-state index is 12.9. The molecule has 1 aliphatic rings. The van der Waals surface area contributed by atoms with E-state index in [0.29, 0.717) is 0 Å². The van der Waals surface area contributed by atoms with E-state index in [1.807, 2.05) is 18.2 Å². The zero-order valence-corrected chi connectivity index (χ0v) is 15.5. The molecule has 0 bridgehead atoms. The number of hydrogen-bond donors (Lipinski definition) is 0. The first-order valence-electron chi connectivity index (χ1n) is 9.84. The van der Waals surface area contributed by atoms with Gasteiger partial charge in [-0.1, -0.05) is 62.8 Å². The fourth-order valence-corrected chi connectivity index (χ4v) is 3.84. The van der Waals surface area contributed by atoms with Crippen molar-refractivity contribution in [1.82, 2.24) is 0 Å². The van der Waals surface area contributed by atoms with Gasteiger partial charge in [0.05, 0.1) is 0 Å². The Hall–Kier alpha value is -1.95. The summed E-state index contributed by atoms with van der Waals surface area (Å²) < 4.78 is 25.5. The molecular formula is C23H29F2N. The highest BCUT2D eigenvalue weighted by Gasteiger charge is 2.20. The van der Waals surface area contributed by atoms with Gasteiger partial charge in [-0.2, -0.15) is 9.65 Å². The van der Waals surface area contributed by atoms with E-state index in [0.717, 1.165) is 31.1 Å². The summed E-state index contributed by atoms with van der Waals surface area (Å²) >= 11 is 0. The van der Waals surface area contributed by atoms with Gasteiger partial charge in [-0.25, -0.2) is 4.39 Å². The Balaban J connectivity index is 1.53. The normalized spacial score (nSPS) is 21.0. The maximum atomic E-state index is 12.9. The lowest BCUT2D eigenvalue weighted by Gasteiger charge is -2.28. The highest BCUT2D eigenvalue weighted by molar-refractivity contribution is 5.18. The molecular weight excluding hydrogens is 328 g/mol. The third-order valence-corrected chi connectivity index (χ3v) is 5.43. The minimum absolute atomic E-state index is 0.160. The van der Waals surface area contributed by atoms with Crippen molar-refractivity contribution >= 4 is 0 Å². The molecule has 0 atom stereocenters. The van der Waals surface area contributed by atoms with Crippen molar-refractivity contribution in [2.45, 2.75) is 64.2 Å². The van der Waals surface area contributed by atoms with Gasteiger partial charge in [0, 0.05) is 0 Å². The summed E-state index contributed by atoms with van der Waals surface area (Å²) in [7, 11) is 0. The van der Waals surface area contributed by atoms with E-state index >= 15 is 0 Å². The van der Waals surface area contributed by atoms with Crippen LogP contribution >= 0.6 is 0 Å². The molecule has 1 aliphatic carbocycles. The van der Waals surface area contributed by atoms with Crippen molar-refractivity contribution in [2.75, 3.05) is 0 Å². The highest BCUT2D eigenvalue weighted by atomic mass is 19.1. The van der Waals surface area contributed by atoms with Crippen LogP contribution in [0.4, 0.5) is 8.78 Å². The van der Waals surface area contributed by atoms with Gasteiger partial charge in [0.2, 0.25) is 0 Å². The zero-order chi connectivity index (χ0) is 18.6. The van der Waals surface area contributed by atoms with E-state index < -0.39 is 5.83 Å². The minimum Gasteiger partial charge on any atom is -0.207 e. The van der Waals surface area contributed by atoms with Crippen molar-refractivity contribution in [3.63, 3.8) is 0 Å². The third-order valence-electron chi connectivity index (χ3n) is 5.43. The molecule has 26 heavy (non-hydrogen) atoms. The molecule has 1 aromatic carbocycles. The first-order valence-corrected chi connectivity index (χ1v) is 9.84. The second-order valence-electron chi connectivity index (χ2n) is 7.39. The standard InChI is InChI=1S/C23H29F2N/c24-22-16-14-21(15-17-22)8-5-4-7-20-12-10-19(11-13-20)6-2-1-3-9-23(25)18-26/h1,3,9,14-17,19-20H,2,4-8,10-13H2. The molecule has 0 heterocycles. The Morgan fingerprint density at radius 1 is 1.04 bits per heavy atom. The minimum atomic E-state index is -0.735. The average molecular weight is 357 g/mol. The molecule has 0 aromatic heterocycles. The zero-order valence-electron chi connectivity index (χ0n) is 15.5. The molecule has 0 saturated heterocycles. The first kappa shape index (κ1) is 20.4. The number of allylic oxidation sites excluding steroid dienone is 4. The summed E-state index contributed by atoms with van der Waals surface area (Å²) in [6, 6.07) is 8.33. The van der Waals surface area contributed by atoms with E-state index in [-0.39, 0.29) is 5.82 Å². The summed E-state index contributed by atoms with van der Waals surface area (Å²) in [5.41, 5.74) is 1.23. The summed E-state index contributed by atoms with van der Waals surface area (Å²) in [5, 5.41) is 8.32. The molecule has 0 unspecified atom stereocenters. The molecule has 0 aliphatic heterocycles. The van der Waals surface area contributed by atoms with E-state index in [2.05, 4.69) is 0 Å². The molecule has 0 radical (unpaired) electrons. The molecule has 140 valence electrons. The van der Waals surface area contributed by atoms with Crippen molar-refractivity contribution in [1.29, 1.82) is 5.26 Å². The lowest BCUT2D eigenvalue weighted by Crippen LogP contribution is -2.14. The Kier molecular flexibility index (Phi) is 9.10. The lowest BCUT2D eigenvalue weighted by molar-refractivity contribution is 0.250. The number of rotatable bonds is 9. The van der Waals surface area contributed by atoms with Gasteiger partial charge in [-0.05, 0) is 61.3 Å². The quantitative estimate of drug-likeness (QED) is 0.264. The van der Waals surface area contributed by atoms with E-state index in [9.17, 15) is 8.78 Å². The molecule has 1 fully saturated rings. The largest absolute Gasteiger partial charge is 0.207 e. The number of unbranched alkanes of at least 4 members (excludes halogenated alkanes) is 1. The number of halogens is 2. The predicted octanol–water partition coefficient (Wildman–Crippen LogP) is 7.06. The number of benzene rings is 1. The fraction of sp³-hybridized carbons (Fsp3) is 0.522. The van der Waals surface area contributed by atoms with Crippen LogP contribution in [0.5, 0.6) is 0 Å². The highest BCUT2D eigenvalue weighted by Crippen LogP contribution is 2.34. The van der Waals surface area contributed by atoms with Crippen molar-refractivity contribution in [3.8, 4) is 6.07 Å². The van der Waals surface area contributed by atoms with Gasteiger partial charge in [0.25, 0.3) is 0 Å². The summed E-state index contributed by atoms with van der Waals surface area (Å²) in [4.78, 5) is 0. The lowest BCUT2D eigenvalue weighted by atomic mass is 9.78. The van der Waals surface area contributed by atoms with Crippen molar-refractivity contribution in [2.24, 2.45) is 11.8 Å². The van der Waals surface area contributed by atoms with Crippen LogP contribution in [0.2, 0.25) is 0 Å². The smallest absolute Gasteiger partial charge is 0.199 e. The predicted molar refractivity (Wildman–Crippen MR) is 103 cm³/mol. The van der Waals surface area contributed by atoms with Crippen molar-refractivity contribution in [3.05, 3.63) is 59.7 Å². The number of aryl methyl sites for hydroxylation is 1. The Bertz CT molecular complexity index is 617. The molecule has 0 amide bonds. The second kappa shape index (κ2) is 11.6. The van der Waals surface area contributed by atoms with Gasteiger partial charge >= 0.3 is 0 Å². The Morgan fingerprint density at radius 2 is 1.69 bits per heavy atom. The van der Waals surface area contributed by atoms with Crippen LogP contribution in [0.1, 0.15) is 63.4 Å². The number of nitrogens with zero attached hydrogens (tertiary/aromatic N) is 1. The van der Waals surface area contributed by atoms with Crippen LogP contribution in [0.15, 0.2) is 48.3 Å². The monoisotopic (exact) mass is 357 g/mol. The molecule has 0 spiro atoms. The maximum Gasteiger partial charge on any atom is 0.199 e. The van der Waals surface area contributed by atoms with Crippen LogP contribution in [-0.4, -0.2) is 0 Å². The molecule has 3 heteroatoms. The number of nitriles is 1. The van der Waals surface area contributed by atoms with Gasteiger partial charge in [0.15, 0.2) is 5.83 Å². The molecule has 0 N–H and O–H groups in total. The summed E-state index contributed by atoms with van der Waals surface area (Å²) in [6.45, 7) is 0. The molecule has 1 saturated carbocycles. The average Bonchev–Trinajstić information content (AvgIpc) is 2.67. The van der Waals surface area contributed by atoms with Gasteiger partial charge < -0.3 is 0 Å². The van der Waals surface area contributed by atoms with Crippen LogP contribution in [0.3, 0.4) is 0 Å². The van der Waals surface area contributed by atoms with Crippen LogP contribution in [-0.2, 0) is 6.42 Å². The summed E-state index contributed by atoms with van der Waals surface area (Å²) in [6.07, 6.45) is 17.0. The molecule has 1 nitrogen and oxygen atoms in total. The van der Waals surface area contributed by atoms with Crippen LogP contribution in [0, 0.1) is 29.0 Å². The molecule has 1 aromatic rings. The van der Waals surface area contributed by atoms with E-state index in [1.165, 1.54) is 62.7 Å².